The van der Waals surface area contributed by atoms with Crippen molar-refractivity contribution in [1.29, 1.82) is 0 Å². The average molecular weight is 579 g/mol. The average Bonchev–Trinajstić information content (AvgIpc) is 3.84. The lowest BCUT2D eigenvalue weighted by molar-refractivity contribution is 0.0726. The Hall–Kier alpha value is -6.02. The second-order valence-corrected chi connectivity index (χ2v) is 10.6. The standard InChI is InChI=1S/C36H26N4O4/c1-21-3-7-23(8-4-21)35(41)43-33-29-15-11-25(37-29)19-27-13-17-31(39-27)34(44-36(42)24-9-5-22(2)6-10-24)32-18-14-28(40-32)20-26-12-16-30(33)38-26/h3-20,37,40H,1-2H3. The summed E-state index contributed by atoms with van der Waals surface area (Å²) in [6.45, 7) is 3.92. The summed E-state index contributed by atoms with van der Waals surface area (Å²) in [7, 11) is 0. The van der Waals surface area contributed by atoms with Gasteiger partial charge in [0.2, 0.25) is 0 Å². The Kier molecular flexibility index (Phi) is 6.71. The fourth-order valence-corrected chi connectivity index (χ4v) is 4.92. The molecule has 0 saturated carbocycles. The van der Waals surface area contributed by atoms with Crippen molar-refractivity contribution in [3.63, 3.8) is 0 Å². The number of nitrogens with one attached hydrogen (secondary N) is 2. The van der Waals surface area contributed by atoms with E-state index in [2.05, 4.69) is 9.97 Å². The molecule has 8 heteroatoms. The van der Waals surface area contributed by atoms with E-state index >= 15 is 0 Å². The van der Waals surface area contributed by atoms with Crippen LogP contribution < -0.4 is 9.47 Å². The molecule has 0 atom stereocenters. The third kappa shape index (κ3) is 5.44. The summed E-state index contributed by atoms with van der Waals surface area (Å²) < 4.78 is 11.9. The number of H-pyrrole nitrogens is 2. The number of benzene rings is 2. The number of aromatic amines is 2. The first-order chi connectivity index (χ1) is 21.4. The van der Waals surface area contributed by atoms with Crippen molar-refractivity contribution in [1.82, 2.24) is 19.9 Å². The minimum atomic E-state index is -0.484. The van der Waals surface area contributed by atoms with Crippen LogP contribution in [0.25, 0.3) is 46.4 Å². The highest BCUT2D eigenvalue weighted by molar-refractivity contribution is 5.95. The van der Waals surface area contributed by atoms with Crippen LogP contribution in [-0.2, 0) is 0 Å². The summed E-state index contributed by atoms with van der Waals surface area (Å²) in [5.74, 6) is -0.349. The van der Waals surface area contributed by atoms with Crippen LogP contribution in [0.1, 0.15) is 54.6 Å². The maximum Gasteiger partial charge on any atom is 0.343 e. The molecule has 5 heterocycles. The molecule has 8 nitrogen and oxygen atoms in total. The van der Waals surface area contributed by atoms with Crippen LogP contribution in [-0.4, -0.2) is 31.9 Å². The number of hydrogen-bond acceptors (Lipinski definition) is 6. The summed E-state index contributed by atoms with van der Waals surface area (Å²) >= 11 is 0. The molecule has 0 aliphatic carbocycles. The Morgan fingerprint density at radius 2 is 0.955 bits per heavy atom. The van der Waals surface area contributed by atoms with Gasteiger partial charge in [-0.25, -0.2) is 19.6 Å². The van der Waals surface area contributed by atoms with Gasteiger partial charge in [0.05, 0.1) is 33.5 Å². The molecular weight excluding hydrogens is 552 g/mol. The van der Waals surface area contributed by atoms with Gasteiger partial charge in [-0.05, 0) is 98.8 Å². The topological polar surface area (TPSA) is 110 Å². The van der Waals surface area contributed by atoms with E-state index in [1.165, 1.54) is 0 Å². The highest BCUT2D eigenvalue weighted by atomic mass is 16.5. The molecule has 2 aliphatic heterocycles. The second kappa shape index (κ2) is 11.0. The van der Waals surface area contributed by atoms with E-state index in [1.807, 2.05) is 86.7 Å². The summed E-state index contributed by atoms with van der Waals surface area (Å²) in [5.41, 5.74) is 7.91. The Morgan fingerprint density at radius 3 is 1.36 bits per heavy atom. The van der Waals surface area contributed by atoms with Crippen LogP contribution in [0.5, 0.6) is 11.5 Å². The fourth-order valence-electron chi connectivity index (χ4n) is 4.92. The second-order valence-electron chi connectivity index (χ2n) is 10.6. The SMILES string of the molecule is Cc1ccc(C(=O)Oc2c3nc(cc4ccc([nH]4)c(OC(=O)c4ccc(C)cc4)c4nc(cc5ccc2[nH]5)C=C4)C=C3)cc1. The van der Waals surface area contributed by atoms with Gasteiger partial charge in [0.15, 0.2) is 11.5 Å². The van der Waals surface area contributed by atoms with Crippen LogP contribution in [0, 0.1) is 13.8 Å². The van der Waals surface area contributed by atoms with E-state index in [4.69, 9.17) is 19.4 Å². The molecule has 2 aliphatic rings. The van der Waals surface area contributed by atoms with Gasteiger partial charge < -0.3 is 19.4 Å². The molecular formula is C36H26N4O4. The van der Waals surface area contributed by atoms with Crippen molar-refractivity contribution >= 4 is 58.3 Å². The summed E-state index contributed by atoms with van der Waals surface area (Å²) in [6, 6.07) is 25.6. The zero-order chi connectivity index (χ0) is 30.2. The van der Waals surface area contributed by atoms with Gasteiger partial charge in [-0.3, -0.25) is 0 Å². The first kappa shape index (κ1) is 26.9. The summed E-state index contributed by atoms with van der Waals surface area (Å²) in [6.07, 6.45) is 7.30. The van der Waals surface area contributed by atoms with Crippen LogP contribution >= 0.6 is 0 Å². The van der Waals surface area contributed by atoms with Gasteiger partial charge in [-0.2, -0.15) is 0 Å². The number of esters is 2. The lowest BCUT2D eigenvalue weighted by Gasteiger charge is -2.06. The smallest absolute Gasteiger partial charge is 0.343 e. The predicted molar refractivity (Wildman–Crippen MR) is 171 cm³/mol. The van der Waals surface area contributed by atoms with Crippen molar-refractivity contribution in [3.8, 4) is 11.5 Å². The molecule has 0 spiro atoms. The fraction of sp³-hybridized carbons (Fsp3) is 0.0556. The Balaban J connectivity index is 1.38. The summed E-state index contributed by atoms with van der Waals surface area (Å²) in [4.78, 5) is 42.4. The third-order valence-corrected chi connectivity index (χ3v) is 7.27. The number of fused-ring (bicyclic) bond motifs is 8. The molecule has 2 N–H and O–H groups in total. The van der Waals surface area contributed by atoms with Gasteiger partial charge in [0.25, 0.3) is 0 Å². The van der Waals surface area contributed by atoms with E-state index in [9.17, 15) is 9.59 Å². The van der Waals surface area contributed by atoms with Gasteiger partial charge in [0, 0.05) is 11.0 Å². The van der Waals surface area contributed by atoms with Crippen molar-refractivity contribution in [3.05, 3.63) is 130 Å². The van der Waals surface area contributed by atoms with Gasteiger partial charge in [-0.1, -0.05) is 35.4 Å². The molecule has 0 unspecified atom stereocenters. The number of carbonyl (C=O) groups is 2. The predicted octanol–water partition coefficient (Wildman–Crippen LogP) is 7.71. The zero-order valence-electron chi connectivity index (χ0n) is 23.9. The number of hydrogen-bond donors (Lipinski definition) is 2. The maximum absolute atomic E-state index is 13.1. The first-order valence-corrected chi connectivity index (χ1v) is 14.1. The lowest BCUT2D eigenvalue weighted by Crippen LogP contribution is -2.09. The normalized spacial score (nSPS) is 11.9. The van der Waals surface area contributed by atoms with Crippen LogP contribution in [0.2, 0.25) is 0 Å². The molecule has 0 saturated heterocycles. The molecule has 0 fully saturated rings. The van der Waals surface area contributed by atoms with Crippen molar-refractivity contribution in [2.75, 3.05) is 0 Å². The number of nitrogens with zero attached hydrogens (tertiary/aromatic N) is 2. The third-order valence-electron chi connectivity index (χ3n) is 7.27. The van der Waals surface area contributed by atoms with Gasteiger partial charge >= 0.3 is 11.9 Å². The molecule has 0 radical (unpaired) electrons. The maximum atomic E-state index is 13.1. The van der Waals surface area contributed by atoms with Crippen LogP contribution in [0.15, 0.2) is 84.9 Å². The molecule has 5 aromatic rings. The minimum absolute atomic E-state index is 0.309. The Morgan fingerprint density at radius 1 is 0.545 bits per heavy atom. The number of rotatable bonds is 4. The van der Waals surface area contributed by atoms with E-state index in [0.717, 1.165) is 22.2 Å². The first-order valence-electron chi connectivity index (χ1n) is 14.1. The monoisotopic (exact) mass is 578 g/mol. The zero-order valence-corrected chi connectivity index (χ0v) is 23.9. The molecule has 7 rings (SSSR count). The molecule has 2 aromatic carbocycles. The number of ether oxygens (including phenoxy) is 2. The quantitative estimate of drug-likeness (QED) is 0.207. The van der Waals surface area contributed by atoms with E-state index in [-0.39, 0.29) is 0 Å². The van der Waals surface area contributed by atoms with Gasteiger partial charge in [0.1, 0.15) is 11.4 Å². The minimum Gasteiger partial charge on any atom is -0.418 e. The molecule has 44 heavy (non-hydrogen) atoms. The Labute approximate surface area is 252 Å². The number of aromatic nitrogens is 4. The molecule has 0 amide bonds. The van der Waals surface area contributed by atoms with Gasteiger partial charge in [-0.15, -0.1) is 0 Å². The highest BCUT2D eigenvalue weighted by Crippen LogP contribution is 2.30. The van der Waals surface area contributed by atoms with Crippen LogP contribution in [0.3, 0.4) is 0 Å². The van der Waals surface area contributed by atoms with Crippen molar-refractivity contribution in [2.45, 2.75) is 13.8 Å². The summed E-state index contributed by atoms with van der Waals surface area (Å²) in [5, 5.41) is 0. The molecule has 8 bridgehead atoms. The van der Waals surface area contributed by atoms with Crippen molar-refractivity contribution < 1.29 is 19.1 Å². The molecule has 214 valence electrons. The molecule has 3 aromatic heterocycles. The van der Waals surface area contributed by atoms with E-state index in [0.29, 0.717) is 56.4 Å². The van der Waals surface area contributed by atoms with Crippen LogP contribution in [0.4, 0.5) is 0 Å². The van der Waals surface area contributed by atoms with Crippen molar-refractivity contribution in [2.24, 2.45) is 0 Å². The van der Waals surface area contributed by atoms with E-state index in [1.54, 1.807) is 36.4 Å². The lowest BCUT2D eigenvalue weighted by atomic mass is 10.1. The Bertz CT molecular complexity index is 2010. The number of carbonyl (C=O) groups excluding carboxylic acids is 2. The highest BCUT2D eigenvalue weighted by Gasteiger charge is 2.17. The largest absolute Gasteiger partial charge is 0.418 e. The van der Waals surface area contributed by atoms with E-state index < -0.39 is 11.9 Å². The number of aryl methyl sites for hydroxylation is 2.